The molecule has 0 aliphatic heterocycles. The van der Waals surface area contributed by atoms with Crippen LogP contribution in [-0.2, 0) is 6.54 Å². The summed E-state index contributed by atoms with van der Waals surface area (Å²) in [6.45, 7) is 2.88. The van der Waals surface area contributed by atoms with Gasteiger partial charge in [-0.2, -0.15) is 0 Å². The normalized spacial score (nSPS) is 10.8. The fourth-order valence-corrected chi connectivity index (χ4v) is 2.70. The maximum absolute atomic E-state index is 6.12. The summed E-state index contributed by atoms with van der Waals surface area (Å²) in [5.74, 6) is 0.844. The zero-order valence-corrected chi connectivity index (χ0v) is 12.8. The zero-order valence-electron chi connectivity index (χ0n) is 12.0. The van der Waals surface area contributed by atoms with Crippen LogP contribution in [0.15, 0.2) is 48.5 Å². The molecule has 3 rings (SSSR count). The minimum absolute atomic E-state index is 0.443. The number of benzene rings is 2. The predicted octanol–water partition coefficient (Wildman–Crippen LogP) is 4.23. The van der Waals surface area contributed by atoms with Crippen LogP contribution in [0.4, 0.5) is 5.82 Å². The maximum atomic E-state index is 6.12. The lowest BCUT2D eigenvalue weighted by Crippen LogP contribution is -2.18. The minimum atomic E-state index is 0.443. The summed E-state index contributed by atoms with van der Waals surface area (Å²) in [5, 5.41) is 10.7. The number of aromatic nitrogens is 2. The van der Waals surface area contributed by atoms with Crippen molar-refractivity contribution in [2.45, 2.75) is 13.5 Å². The second-order valence-electron chi connectivity index (χ2n) is 5.21. The van der Waals surface area contributed by atoms with Crippen LogP contribution in [0.1, 0.15) is 11.1 Å². The summed E-state index contributed by atoms with van der Waals surface area (Å²) >= 11 is 6.12. The van der Waals surface area contributed by atoms with Crippen molar-refractivity contribution in [2.75, 3.05) is 11.9 Å². The number of rotatable bonds is 3. The molecule has 1 heterocycles. The molecule has 4 heteroatoms. The van der Waals surface area contributed by atoms with Gasteiger partial charge in [-0.05, 0) is 12.5 Å². The van der Waals surface area contributed by atoms with Gasteiger partial charge in [0.05, 0.1) is 0 Å². The fraction of sp³-hybridized carbons (Fsp3) is 0.176. The molecular weight excluding hydrogens is 282 g/mol. The average Bonchev–Trinajstić information content (AvgIpc) is 2.48. The number of nitrogens with zero attached hydrogens (tertiary/aromatic N) is 3. The summed E-state index contributed by atoms with van der Waals surface area (Å²) in [5.41, 5.74) is 2.51. The molecule has 0 radical (unpaired) electrons. The number of anilines is 1. The van der Waals surface area contributed by atoms with Gasteiger partial charge in [0.2, 0.25) is 0 Å². The Kier molecular flexibility index (Phi) is 3.76. The number of hydrogen-bond donors (Lipinski definition) is 0. The van der Waals surface area contributed by atoms with E-state index in [0.29, 0.717) is 5.15 Å². The Labute approximate surface area is 129 Å². The van der Waals surface area contributed by atoms with Gasteiger partial charge in [0.1, 0.15) is 0 Å². The fourth-order valence-electron chi connectivity index (χ4n) is 2.50. The third kappa shape index (κ3) is 2.83. The molecular formula is C17H16ClN3. The molecule has 0 aliphatic carbocycles. The van der Waals surface area contributed by atoms with E-state index in [2.05, 4.69) is 46.3 Å². The molecule has 0 saturated heterocycles. The Bertz CT molecular complexity index is 786. The van der Waals surface area contributed by atoms with E-state index in [9.17, 15) is 0 Å². The molecule has 0 fully saturated rings. The van der Waals surface area contributed by atoms with Crippen molar-refractivity contribution in [3.63, 3.8) is 0 Å². The van der Waals surface area contributed by atoms with Gasteiger partial charge in [-0.1, -0.05) is 65.7 Å². The van der Waals surface area contributed by atoms with Crippen molar-refractivity contribution >= 4 is 28.2 Å². The van der Waals surface area contributed by atoms with E-state index < -0.39 is 0 Å². The van der Waals surface area contributed by atoms with Crippen molar-refractivity contribution in [3.05, 3.63) is 64.8 Å². The highest BCUT2D eigenvalue weighted by Gasteiger charge is 2.11. The monoisotopic (exact) mass is 297 g/mol. The number of halogens is 1. The quantitative estimate of drug-likeness (QED) is 0.724. The predicted molar refractivity (Wildman–Crippen MR) is 87.8 cm³/mol. The number of hydrogen-bond acceptors (Lipinski definition) is 3. The van der Waals surface area contributed by atoms with Crippen LogP contribution >= 0.6 is 11.6 Å². The first-order valence-corrected chi connectivity index (χ1v) is 7.20. The van der Waals surface area contributed by atoms with Crippen LogP contribution in [0.2, 0.25) is 5.15 Å². The molecule has 0 spiro atoms. The van der Waals surface area contributed by atoms with Crippen molar-refractivity contribution < 1.29 is 0 Å². The largest absolute Gasteiger partial charge is 0.353 e. The topological polar surface area (TPSA) is 29.0 Å². The van der Waals surface area contributed by atoms with E-state index in [1.165, 1.54) is 11.1 Å². The van der Waals surface area contributed by atoms with E-state index in [0.717, 1.165) is 23.1 Å². The van der Waals surface area contributed by atoms with E-state index in [1.54, 1.807) is 0 Å². The van der Waals surface area contributed by atoms with E-state index >= 15 is 0 Å². The Balaban J connectivity index is 1.98. The van der Waals surface area contributed by atoms with E-state index in [1.807, 2.05) is 31.3 Å². The maximum Gasteiger partial charge on any atom is 0.159 e. The Hall–Kier alpha value is -2.13. The molecule has 1 aromatic heterocycles. The summed E-state index contributed by atoms with van der Waals surface area (Å²) in [4.78, 5) is 2.10. The summed E-state index contributed by atoms with van der Waals surface area (Å²) < 4.78 is 0. The van der Waals surface area contributed by atoms with Gasteiger partial charge in [0.25, 0.3) is 0 Å². The van der Waals surface area contributed by atoms with E-state index in [4.69, 9.17) is 11.6 Å². The Morgan fingerprint density at radius 3 is 2.52 bits per heavy atom. The van der Waals surface area contributed by atoms with Crippen LogP contribution in [0.3, 0.4) is 0 Å². The van der Waals surface area contributed by atoms with Gasteiger partial charge in [-0.3, -0.25) is 0 Å². The van der Waals surface area contributed by atoms with Crippen LogP contribution in [-0.4, -0.2) is 17.2 Å². The molecule has 0 saturated carbocycles. The molecule has 21 heavy (non-hydrogen) atoms. The molecule has 2 aromatic carbocycles. The van der Waals surface area contributed by atoms with Crippen molar-refractivity contribution in [2.24, 2.45) is 0 Å². The first kappa shape index (κ1) is 13.8. The van der Waals surface area contributed by atoms with Gasteiger partial charge in [-0.15, -0.1) is 10.2 Å². The lowest BCUT2D eigenvalue weighted by molar-refractivity contribution is 0.875. The van der Waals surface area contributed by atoms with Crippen LogP contribution in [0.5, 0.6) is 0 Å². The molecule has 0 atom stereocenters. The Morgan fingerprint density at radius 2 is 1.76 bits per heavy atom. The molecule has 3 nitrogen and oxygen atoms in total. The highest BCUT2D eigenvalue weighted by molar-refractivity contribution is 6.34. The summed E-state index contributed by atoms with van der Waals surface area (Å²) in [6.07, 6.45) is 0. The highest BCUT2D eigenvalue weighted by atomic mass is 35.5. The number of fused-ring (bicyclic) bond motifs is 1. The van der Waals surface area contributed by atoms with Crippen LogP contribution in [0, 0.1) is 6.92 Å². The summed E-state index contributed by atoms with van der Waals surface area (Å²) in [7, 11) is 2.02. The third-order valence-corrected chi connectivity index (χ3v) is 3.77. The molecule has 0 aliphatic rings. The van der Waals surface area contributed by atoms with E-state index in [-0.39, 0.29) is 0 Å². The third-order valence-electron chi connectivity index (χ3n) is 3.49. The second-order valence-corrected chi connectivity index (χ2v) is 5.56. The second kappa shape index (κ2) is 5.70. The van der Waals surface area contributed by atoms with Crippen molar-refractivity contribution in [1.82, 2.24) is 10.2 Å². The van der Waals surface area contributed by atoms with Gasteiger partial charge in [0.15, 0.2) is 11.0 Å². The molecule has 3 aromatic rings. The first-order valence-electron chi connectivity index (χ1n) is 6.83. The average molecular weight is 298 g/mol. The highest BCUT2D eigenvalue weighted by Crippen LogP contribution is 2.28. The Morgan fingerprint density at radius 1 is 1.00 bits per heavy atom. The van der Waals surface area contributed by atoms with Crippen molar-refractivity contribution in [1.29, 1.82) is 0 Å². The van der Waals surface area contributed by atoms with Crippen molar-refractivity contribution in [3.8, 4) is 0 Å². The van der Waals surface area contributed by atoms with Gasteiger partial charge < -0.3 is 4.90 Å². The lowest BCUT2D eigenvalue weighted by atomic mass is 10.1. The lowest BCUT2D eigenvalue weighted by Gasteiger charge is -2.19. The van der Waals surface area contributed by atoms with Gasteiger partial charge in [-0.25, -0.2) is 0 Å². The van der Waals surface area contributed by atoms with Gasteiger partial charge >= 0.3 is 0 Å². The molecule has 106 valence electrons. The van der Waals surface area contributed by atoms with Gasteiger partial charge in [0, 0.05) is 24.4 Å². The molecule has 0 unspecified atom stereocenters. The zero-order chi connectivity index (χ0) is 14.8. The molecule has 0 N–H and O–H groups in total. The molecule has 0 bridgehead atoms. The van der Waals surface area contributed by atoms with Crippen LogP contribution < -0.4 is 4.90 Å². The minimum Gasteiger partial charge on any atom is -0.353 e. The SMILES string of the molecule is Cc1cccc(CN(C)c2nnc(Cl)c3ccccc23)c1. The number of aryl methyl sites for hydroxylation is 1. The smallest absolute Gasteiger partial charge is 0.159 e. The summed E-state index contributed by atoms with van der Waals surface area (Å²) in [6, 6.07) is 16.4. The molecule has 0 amide bonds. The van der Waals surface area contributed by atoms with Crippen LogP contribution in [0.25, 0.3) is 10.8 Å². The first-order chi connectivity index (χ1) is 10.1. The standard InChI is InChI=1S/C17H16ClN3/c1-12-6-5-7-13(10-12)11-21(2)17-15-9-4-3-8-14(15)16(18)19-20-17/h3-10H,11H2,1-2H3.